The summed E-state index contributed by atoms with van der Waals surface area (Å²) in [7, 11) is 1.89. The third-order valence-electron chi connectivity index (χ3n) is 3.40. The van der Waals surface area contributed by atoms with Gasteiger partial charge in [-0.05, 0) is 26.2 Å². The van der Waals surface area contributed by atoms with Crippen molar-refractivity contribution in [2.24, 2.45) is 0 Å². The van der Waals surface area contributed by atoms with Crippen LogP contribution in [0.5, 0.6) is 0 Å². The molecule has 0 saturated heterocycles. The molecule has 0 aliphatic heterocycles. The van der Waals surface area contributed by atoms with Crippen LogP contribution < -0.4 is 10.6 Å². The lowest BCUT2D eigenvalue weighted by atomic mass is 9.78. The molecule has 1 aliphatic rings. The van der Waals surface area contributed by atoms with E-state index < -0.39 is 0 Å². The molecule has 1 aromatic rings. The van der Waals surface area contributed by atoms with Crippen LogP contribution in [-0.4, -0.2) is 22.6 Å². The van der Waals surface area contributed by atoms with E-state index in [4.69, 9.17) is 0 Å². The first kappa shape index (κ1) is 12.1. The Kier molecular flexibility index (Phi) is 3.22. The van der Waals surface area contributed by atoms with E-state index in [-0.39, 0.29) is 5.54 Å². The van der Waals surface area contributed by atoms with Gasteiger partial charge < -0.3 is 10.6 Å². The topological polar surface area (TPSA) is 49.8 Å². The van der Waals surface area contributed by atoms with Gasteiger partial charge in [0, 0.05) is 24.6 Å². The van der Waals surface area contributed by atoms with Crippen LogP contribution in [0.1, 0.15) is 51.8 Å². The van der Waals surface area contributed by atoms with E-state index in [0.29, 0.717) is 5.92 Å². The molecule has 0 aromatic carbocycles. The first-order chi connectivity index (χ1) is 8.02. The van der Waals surface area contributed by atoms with Crippen LogP contribution in [-0.2, 0) is 0 Å². The van der Waals surface area contributed by atoms with E-state index >= 15 is 0 Å². The predicted molar refractivity (Wildman–Crippen MR) is 71.5 cm³/mol. The number of aromatic nitrogens is 2. The van der Waals surface area contributed by atoms with Gasteiger partial charge in [0.15, 0.2) is 0 Å². The Bertz CT molecular complexity index is 396. The van der Waals surface area contributed by atoms with Gasteiger partial charge in [0.05, 0.1) is 0 Å². The summed E-state index contributed by atoms with van der Waals surface area (Å²) in [5.41, 5.74) is 0.230. The third kappa shape index (κ3) is 2.68. The minimum absolute atomic E-state index is 0.230. The smallest absolute Gasteiger partial charge is 0.135 e. The Balaban J connectivity index is 2.23. The standard InChI is InChI=1S/C13H22N4/c1-9(2)12-15-10(14-4)8-11(16-12)17-13(3)6-5-7-13/h8-9H,5-7H2,1-4H3,(H2,14,15,16,17). The quantitative estimate of drug-likeness (QED) is 0.841. The molecule has 1 heterocycles. The predicted octanol–water partition coefficient (Wildman–Crippen LogP) is 3.00. The Morgan fingerprint density at radius 3 is 2.35 bits per heavy atom. The summed E-state index contributed by atoms with van der Waals surface area (Å²) in [5.74, 6) is 3.06. The van der Waals surface area contributed by atoms with Crippen LogP contribution in [0, 0.1) is 0 Å². The van der Waals surface area contributed by atoms with Crippen molar-refractivity contribution in [2.75, 3.05) is 17.7 Å². The van der Waals surface area contributed by atoms with Crippen molar-refractivity contribution >= 4 is 11.6 Å². The van der Waals surface area contributed by atoms with Gasteiger partial charge in [-0.1, -0.05) is 13.8 Å². The molecule has 17 heavy (non-hydrogen) atoms. The molecule has 0 bridgehead atoms. The molecule has 1 fully saturated rings. The Morgan fingerprint density at radius 2 is 1.88 bits per heavy atom. The molecule has 0 amide bonds. The highest BCUT2D eigenvalue weighted by Crippen LogP contribution is 2.34. The summed E-state index contributed by atoms with van der Waals surface area (Å²) in [6.45, 7) is 6.49. The second-order valence-electron chi connectivity index (χ2n) is 5.44. The summed E-state index contributed by atoms with van der Waals surface area (Å²) in [6.07, 6.45) is 3.76. The van der Waals surface area contributed by atoms with E-state index in [0.717, 1.165) is 17.5 Å². The third-order valence-corrected chi connectivity index (χ3v) is 3.40. The molecule has 94 valence electrons. The van der Waals surface area contributed by atoms with Crippen LogP contribution in [0.15, 0.2) is 6.07 Å². The van der Waals surface area contributed by atoms with Gasteiger partial charge in [-0.25, -0.2) is 9.97 Å². The molecular formula is C13H22N4. The van der Waals surface area contributed by atoms with E-state index in [2.05, 4.69) is 41.4 Å². The molecule has 1 aliphatic carbocycles. The van der Waals surface area contributed by atoms with Gasteiger partial charge in [-0.3, -0.25) is 0 Å². The minimum Gasteiger partial charge on any atom is -0.373 e. The maximum atomic E-state index is 4.59. The van der Waals surface area contributed by atoms with Crippen LogP contribution in [0.2, 0.25) is 0 Å². The zero-order chi connectivity index (χ0) is 12.5. The first-order valence-corrected chi connectivity index (χ1v) is 6.37. The summed E-state index contributed by atoms with van der Waals surface area (Å²) in [4.78, 5) is 9.05. The summed E-state index contributed by atoms with van der Waals surface area (Å²) in [6, 6.07) is 1.98. The highest BCUT2D eigenvalue weighted by atomic mass is 15.1. The second kappa shape index (κ2) is 4.51. The largest absolute Gasteiger partial charge is 0.373 e. The number of nitrogens with one attached hydrogen (secondary N) is 2. The maximum absolute atomic E-state index is 4.59. The Hall–Kier alpha value is -1.32. The number of rotatable bonds is 4. The fourth-order valence-electron chi connectivity index (χ4n) is 2.06. The lowest BCUT2D eigenvalue weighted by Gasteiger charge is -2.39. The van der Waals surface area contributed by atoms with Crippen LogP contribution >= 0.6 is 0 Å². The van der Waals surface area contributed by atoms with Crippen molar-refractivity contribution in [3.8, 4) is 0 Å². The normalized spacial score (nSPS) is 17.7. The maximum Gasteiger partial charge on any atom is 0.135 e. The molecule has 0 atom stereocenters. The van der Waals surface area contributed by atoms with Gasteiger partial charge in [0.25, 0.3) is 0 Å². The monoisotopic (exact) mass is 234 g/mol. The molecule has 2 rings (SSSR count). The summed E-state index contributed by atoms with van der Waals surface area (Å²) >= 11 is 0. The number of nitrogens with zero attached hydrogens (tertiary/aromatic N) is 2. The Morgan fingerprint density at radius 1 is 1.24 bits per heavy atom. The first-order valence-electron chi connectivity index (χ1n) is 6.37. The van der Waals surface area contributed by atoms with Crippen LogP contribution in [0.4, 0.5) is 11.6 Å². The summed E-state index contributed by atoms with van der Waals surface area (Å²) in [5, 5.41) is 6.63. The van der Waals surface area contributed by atoms with Crippen LogP contribution in [0.25, 0.3) is 0 Å². The van der Waals surface area contributed by atoms with Gasteiger partial charge >= 0.3 is 0 Å². The highest BCUT2D eigenvalue weighted by Gasteiger charge is 2.31. The fraction of sp³-hybridized carbons (Fsp3) is 0.692. The minimum atomic E-state index is 0.230. The average molecular weight is 234 g/mol. The van der Waals surface area contributed by atoms with Crippen molar-refractivity contribution in [1.82, 2.24) is 9.97 Å². The molecule has 0 unspecified atom stereocenters. The molecule has 0 radical (unpaired) electrons. The molecule has 1 saturated carbocycles. The number of hydrogen-bond acceptors (Lipinski definition) is 4. The van der Waals surface area contributed by atoms with Gasteiger partial charge in [0.1, 0.15) is 17.5 Å². The van der Waals surface area contributed by atoms with E-state index in [1.54, 1.807) is 0 Å². The zero-order valence-electron chi connectivity index (χ0n) is 11.2. The van der Waals surface area contributed by atoms with Crippen LogP contribution in [0.3, 0.4) is 0 Å². The number of anilines is 2. The van der Waals surface area contributed by atoms with Crippen molar-refractivity contribution in [3.05, 3.63) is 11.9 Å². The van der Waals surface area contributed by atoms with E-state index in [9.17, 15) is 0 Å². The van der Waals surface area contributed by atoms with E-state index in [1.165, 1.54) is 19.3 Å². The highest BCUT2D eigenvalue weighted by molar-refractivity contribution is 5.49. The average Bonchev–Trinajstić information content (AvgIpc) is 2.26. The van der Waals surface area contributed by atoms with Gasteiger partial charge in [0.2, 0.25) is 0 Å². The second-order valence-corrected chi connectivity index (χ2v) is 5.44. The lowest BCUT2D eigenvalue weighted by Crippen LogP contribution is -2.42. The van der Waals surface area contributed by atoms with Crippen molar-refractivity contribution < 1.29 is 0 Å². The molecule has 4 heteroatoms. The summed E-state index contributed by atoms with van der Waals surface area (Å²) < 4.78 is 0. The van der Waals surface area contributed by atoms with Crippen molar-refractivity contribution in [1.29, 1.82) is 0 Å². The molecule has 4 nitrogen and oxygen atoms in total. The SMILES string of the molecule is CNc1cc(NC2(C)CCC2)nc(C(C)C)n1. The molecule has 0 spiro atoms. The number of hydrogen-bond donors (Lipinski definition) is 2. The van der Waals surface area contributed by atoms with Crippen molar-refractivity contribution in [3.63, 3.8) is 0 Å². The zero-order valence-corrected chi connectivity index (χ0v) is 11.2. The van der Waals surface area contributed by atoms with Crippen molar-refractivity contribution in [2.45, 2.75) is 51.5 Å². The fourth-order valence-corrected chi connectivity index (χ4v) is 2.06. The Labute approximate surface area is 103 Å². The van der Waals surface area contributed by atoms with Gasteiger partial charge in [-0.2, -0.15) is 0 Å². The van der Waals surface area contributed by atoms with E-state index in [1.807, 2.05) is 13.1 Å². The molecule has 1 aromatic heterocycles. The van der Waals surface area contributed by atoms with Gasteiger partial charge in [-0.15, -0.1) is 0 Å². The lowest BCUT2D eigenvalue weighted by molar-refractivity contribution is 0.305. The molecular weight excluding hydrogens is 212 g/mol. The molecule has 2 N–H and O–H groups in total.